The van der Waals surface area contributed by atoms with Gasteiger partial charge in [0.1, 0.15) is 11.6 Å². The molecule has 9 rings (SSSR count). The number of aromatic hydroxyl groups is 1. The van der Waals surface area contributed by atoms with Crippen LogP contribution in [-0.4, -0.2) is 19.6 Å². The van der Waals surface area contributed by atoms with E-state index in [1.54, 1.807) is 12.1 Å². The monoisotopic (exact) mass is 933 g/mol. The second-order valence-corrected chi connectivity index (χ2v) is 22.5. The van der Waals surface area contributed by atoms with E-state index in [2.05, 4.69) is 70.8 Å². The SMILES string of the molecule is [2H]c1nc(-c2cc(-c3cccc4c3nc(-c3cc(C(C)(C)C)cc(C(C)(C)C)c3O)n4-c3cc(C([2H])([2H])[2H])c(-c4ccccc4)cc3-c3ccc(C(C)(C)C)cc3)cc(C(C)(C)C)c2)c([2H])c(-c2c([2H])c([2H])c(C([2H])([2H])[2H])c([2H])c2[2H])c1[2H]. The number of pyridine rings is 1. The number of fused-ring (bicyclic) bond motifs is 1. The molecule has 0 bridgehead atoms. The van der Waals surface area contributed by atoms with E-state index in [-0.39, 0.29) is 22.4 Å². The van der Waals surface area contributed by atoms with Gasteiger partial charge in [0.2, 0.25) is 0 Å². The van der Waals surface area contributed by atoms with Crippen LogP contribution in [0.15, 0.2) is 158 Å². The molecule has 0 amide bonds. The highest BCUT2D eigenvalue weighted by Crippen LogP contribution is 2.47. The molecule has 0 aliphatic rings. The van der Waals surface area contributed by atoms with Gasteiger partial charge < -0.3 is 5.11 Å². The Morgan fingerprint density at radius 2 is 1.16 bits per heavy atom. The van der Waals surface area contributed by atoms with Gasteiger partial charge in [-0.3, -0.25) is 9.55 Å². The molecule has 70 heavy (non-hydrogen) atoms. The molecule has 0 radical (unpaired) electrons. The minimum Gasteiger partial charge on any atom is -0.507 e. The van der Waals surface area contributed by atoms with Gasteiger partial charge in [0.15, 0.2) is 0 Å². The summed E-state index contributed by atoms with van der Waals surface area (Å²) in [5.74, 6) is 0.344. The van der Waals surface area contributed by atoms with Crippen LogP contribution < -0.4 is 0 Å². The zero-order valence-electron chi connectivity index (χ0n) is 55.3. The Morgan fingerprint density at radius 3 is 1.80 bits per heavy atom. The smallest absolute Gasteiger partial charge is 0.149 e. The molecule has 0 fully saturated rings. The van der Waals surface area contributed by atoms with Crippen molar-refractivity contribution in [1.29, 1.82) is 0 Å². The number of para-hydroxylation sites is 1. The fourth-order valence-electron chi connectivity index (χ4n) is 8.95. The van der Waals surface area contributed by atoms with E-state index in [9.17, 15) is 6.48 Å². The van der Waals surface area contributed by atoms with Crippen molar-refractivity contribution >= 4 is 11.0 Å². The highest BCUT2D eigenvalue weighted by molar-refractivity contribution is 5.98. The summed E-state index contributed by atoms with van der Waals surface area (Å²) in [4.78, 5) is 10.1. The maximum Gasteiger partial charge on any atom is 0.149 e. The number of nitrogens with zero attached hydrogens (tertiary/aromatic N) is 3. The molecule has 0 unspecified atom stereocenters. The minimum absolute atomic E-state index is 0.0114. The van der Waals surface area contributed by atoms with Crippen LogP contribution in [0.5, 0.6) is 5.75 Å². The van der Waals surface area contributed by atoms with Crippen molar-refractivity contribution in [3.63, 3.8) is 0 Å². The first-order chi connectivity index (χ1) is 38.3. The predicted molar refractivity (Wildman–Crippen MR) is 297 cm³/mol. The van der Waals surface area contributed by atoms with Crippen molar-refractivity contribution in [2.45, 2.75) is 118 Å². The molecule has 0 aliphatic carbocycles. The fraction of sp³-hybridized carbons (Fsp3) is 0.273. The summed E-state index contributed by atoms with van der Waals surface area (Å²) >= 11 is 0. The van der Waals surface area contributed by atoms with Crippen LogP contribution in [0.1, 0.15) is 134 Å². The summed E-state index contributed by atoms with van der Waals surface area (Å²) in [6.45, 7) is 19.3. The second kappa shape index (κ2) is 17.7. The van der Waals surface area contributed by atoms with Gasteiger partial charge in [0.25, 0.3) is 0 Å². The van der Waals surface area contributed by atoms with Gasteiger partial charge in [-0.1, -0.05) is 192 Å². The first kappa shape index (κ1) is 34.3. The number of hydrogen-bond donors (Lipinski definition) is 1. The van der Waals surface area contributed by atoms with E-state index < -0.39 is 89.1 Å². The zero-order valence-corrected chi connectivity index (χ0v) is 42.3. The van der Waals surface area contributed by atoms with Crippen LogP contribution in [0, 0.1) is 13.7 Å². The molecule has 1 N–H and O–H groups in total. The number of phenolic OH excluding ortho intramolecular Hbond substituents is 1. The molecule has 4 nitrogen and oxygen atoms in total. The average molecular weight is 933 g/mol. The van der Waals surface area contributed by atoms with E-state index >= 15 is 0 Å². The summed E-state index contributed by atoms with van der Waals surface area (Å²) in [6.07, 6.45) is -0.610. The molecule has 4 heteroatoms. The molecule has 0 saturated heterocycles. The highest BCUT2D eigenvalue weighted by Gasteiger charge is 2.30. The van der Waals surface area contributed by atoms with Crippen LogP contribution in [0.2, 0.25) is 0 Å². The molecule has 2 aromatic heterocycles. The van der Waals surface area contributed by atoms with Gasteiger partial charge in [-0.15, -0.1) is 0 Å². The lowest BCUT2D eigenvalue weighted by atomic mass is 9.79. The third-order valence-electron chi connectivity index (χ3n) is 13.1. The molecule has 7 aromatic carbocycles. The highest BCUT2D eigenvalue weighted by atomic mass is 16.3. The Balaban J connectivity index is 1.43. The Hall–Kier alpha value is -7.04. The lowest BCUT2D eigenvalue weighted by Crippen LogP contribution is -2.17. The molecule has 0 atom stereocenters. The Bertz CT molecular complexity index is 4030. The van der Waals surface area contributed by atoms with Gasteiger partial charge in [-0.05, 0) is 139 Å². The summed E-state index contributed by atoms with van der Waals surface area (Å²) in [6, 6.07) is 32.4. The molecule has 0 spiro atoms. The Labute approximate surface area is 435 Å². The summed E-state index contributed by atoms with van der Waals surface area (Å²) in [5, 5.41) is 12.8. The fourth-order valence-corrected chi connectivity index (χ4v) is 8.95. The topological polar surface area (TPSA) is 50.9 Å². The number of imidazole rings is 1. The third kappa shape index (κ3) is 9.37. The minimum atomic E-state index is -3.00. The van der Waals surface area contributed by atoms with Crippen molar-refractivity contribution < 1.29 is 22.9 Å². The van der Waals surface area contributed by atoms with Crippen LogP contribution >= 0.6 is 0 Å². The summed E-state index contributed by atoms with van der Waals surface area (Å²) in [7, 11) is 0. The molecule has 354 valence electrons. The largest absolute Gasteiger partial charge is 0.507 e. The van der Waals surface area contributed by atoms with Gasteiger partial charge in [-0.2, -0.15) is 0 Å². The van der Waals surface area contributed by atoms with Gasteiger partial charge >= 0.3 is 0 Å². The number of phenols is 1. The van der Waals surface area contributed by atoms with Gasteiger partial charge in [0, 0.05) is 36.7 Å². The van der Waals surface area contributed by atoms with Crippen molar-refractivity contribution in [2.24, 2.45) is 0 Å². The molecular formula is C66H69N3O. The predicted octanol–water partition coefficient (Wildman–Crippen LogP) is 17.9. The number of hydrogen-bond acceptors (Lipinski definition) is 3. The first-order valence-electron chi connectivity index (χ1n) is 30.3. The zero-order chi connectivity index (χ0) is 61.2. The maximum atomic E-state index is 12.8. The average Bonchev–Trinajstić information content (AvgIpc) is 4.00. The quantitative estimate of drug-likeness (QED) is 0.173. The van der Waals surface area contributed by atoms with Gasteiger partial charge in [-0.25, -0.2) is 4.98 Å². The van der Waals surface area contributed by atoms with Crippen molar-refractivity contribution in [2.75, 3.05) is 0 Å². The number of aromatic nitrogens is 3. The van der Waals surface area contributed by atoms with Crippen molar-refractivity contribution in [3.05, 3.63) is 191 Å². The van der Waals surface area contributed by atoms with E-state index in [1.807, 2.05) is 125 Å². The lowest BCUT2D eigenvalue weighted by Gasteiger charge is -2.28. The van der Waals surface area contributed by atoms with Crippen molar-refractivity contribution in [3.8, 4) is 78.6 Å². The normalized spacial score (nSPS) is 15.5. The van der Waals surface area contributed by atoms with Crippen LogP contribution in [0.25, 0.3) is 83.9 Å². The van der Waals surface area contributed by atoms with Crippen LogP contribution in [-0.2, 0) is 21.7 Å². The van der Waals surface area contributed by atoms with E-state index in [0.29, 0.717) is 61.5 Å². The number of benzene rings is 7. The number of rotatable bonds is 7. The molecular weight excluding hydrogens is 851 g/mol. The Kier molecular flexibility index (Phi) is 8.68. The molecule has 0 saturated carbocycles. The lowest BCUT2D eigenvalue weighted by molar-refractivity contribution is 0.446. The summed E-state index contributed by atoms with van der Waals surface area (Å²) in [5.41, 5.74) is 6.33. The maximum absolute atomic E-state index is 12.8. The van der Waals surface area contributed by atoms with Crippen LogP contribution in [0.3, 0.4) is 0 Å². The van der Waals surface area contributed by atoms with Crippen LogP contribution in [0.4, 0.5) is 0 Å². The first-order valence-corrected chi connectivity index (χ1v) is 23.8. The number of aryl methyl sites for hydroxylation is 1. The summed E-state index contributed by atoms with van der Waals surface area (Å²) < 4.78 is 116. The van der Waals surface area contributed by atoms with E-state index in [0.717, 1.165) is 27.8 Å². The molecule has 2 heterocycles. The Morgan fingerprint density at radius 1 is 0.500 bits per heavy atom. The standard InChI is InChI=1S/C66H69N3O/c1-41-23-25-43(26-24-41)46-31-32-67-57(37-46)48-34-47(35-50(36-48)64(6,7)8)52-21-18-22-58-60(52)68-62(55-38-51(65(9,10)11)39-56(61(55)70)66(12,13)14)69(58)59-33-42(2)53(44-19-16-15-17-20-44)40-54(59)45-27-29-49(30-28-45)63(3,4)5/h15-40,70H,1-14H3/i1D3,2D3,23D,24D,25D,26D,31D,32D,37D. The molecule has 9 aromatic rings. The van der Waals surface area contributed by atoms with Crippen molar-refractivity contribution in [1.82, 2.24) is 14.5 Å². The van der Waals surface area contributed by atoms with Gasteiger partial charge in [0.05, 0.1) is 37.6 Å². The second-order valence-electron chi connectivity index (χ2n) is 22.5. The molecule has 0 aliphatic heterocycles. The van der Waals surface area contributed by atoms with E-state index in [4.69, 9.17) is 21.4 Å². The third-order valence-corrected chi connectivity index (χ3v) is 13.1. The van der Waals surface area contributed by atoms with E-state index in [1.165, 1.54) is 0 Å².